The first-order valence-electron chi connectivity index (χ1n) is 5.75. The fourth-order valence-corrected chi connectivity index (χ4v) is 2.30. The standard InChI is InChI=1S/C12H20N2OS/c1-3-10-6-7-11(16-10)9-14-12(15)5-4-8-13-2/h6-7,13H,3-5,8-9H2,1-2H3,(H,14,15). The van der Waals surface area contributed by atoms with Crippen molar-refractivity contribution in [2.45, 2.75) is 32.7 Å². The molecule has 0 saturated carbocycles. The summed E-state index contributed by atoms with van der Waals surface area (Å²) in [7, 11) is 1.90. The minimum atomic E-state index is 0.140. The Labute approximate surface area is 101 Å². The van der Waals surface area contributed by atoms with E-state index in [1.807, 2.05) is 7.05 Å². The second-order valence-electron chi connectivity index (χ2n) is 3.71. The number of hydrogen-bond donors (Lipinski definition) is 2. The Morgan fingerprint density at radius 3 is 2.75 bits per heavy atom. The summed E-state index contributed by atoms with van der Waals surface area (Å²) in [4.78, 5) is 14.0. The van der Waals surface area contributed by atoms with Crippen LogP contribution in [0.5, 0.6) is 0 Å². The summed E-state index contributed by atoms with van der Waals surface area (Å²) in [5.74, 6) is 0.140. The molecule has 0 bridgehead atoms. The predicted molar refractivity (Wildman–Crippen MR) is 68.7 cm³/mol. The number of amides is 1. The molecule has 0 aliphatic rings. The van der Waals surface area contributed by atoms with Crippen molar-refractivity contribution in [2.75, 3.05) is 13.6 Å². The van der Waals surface area contributed by atoms with Crippen LogP contribution in [0.4, 0.5) is 0 Å². The van der Waals surface area contributed by atoms with Gasteiger partial charge in [0.1, 0.15) is 0 Å². The van der Waals surface area contributed by atoms with E-state index in [0.717, 1.165) is 19.4 Å². The van der Waals surface area contributed by atoms with E-state index >= 15 is 0 Å². The van der Waals surface area contributed by atoms with Gasteiger partial charge in [-0.15, -0.1) is 11.3 Å². The second-order valence-corrected chi connectivity index (χ2v) is 4.96. The maximum atomic E-state index is 11.4. The first-order chi connectivity index (χ1) is 7.76. The van der Waals surface area contributed by atoms with Crippen molar-refractivity contribution >= 4 is 17.2 Å². The monoisotopic (exact) mass is 240 g/mol. The second kappa shape index (κ2) is 7.41. The Bertz CT molecular complexity index is 323. The van der Waals surface area contributed by atoms with E-state index in [9.17, 15) is 4.79 Å². The highest BCUT2D eigenvalue weighted by atomic mass is 32.1. The summed E-state index contributed by atoms with van der Waals surface area (Å²) >= 11 is 1.78. The summed E-state index contributed by atoms with van der Waals surface area (Å²) in [5.41, 5.74) is 0. The molecule has 0 saturated heterocycles. The van der Waals surface area contributed by atoms with Crippen LogP contribution in [0.3, 0.4) is 0 Å². The number of carbonyl (C=O) groups is 1. The number of hydrogen-bond acceptors (Lipinski definition) is 3. The van der Waals surface area contributed by atoms with Gasteiger partial charge in [0.25, 0.3) is 0 Å². The van der Waals surface area contributed by atoms with Crippen LogP contribution in [0.2, 0.25) is 0 Å². The molecule has 1 rings (SSSR count). The molecule has 4 heteroatoms. The van der Waals surface area contributed by atoms with Gasteiger partial charge in [-0.05, 0) is 38.6 Å². The molecule has 1 aromatic heterocycles. The number of carbonyl (C=O) groups excluding carboxylic acids is 1. The quantitative estimate of drug-likeness (QED) is 0.715. The van der Waals surface area contributed by atoms with Crippen molar-refractivity contribution in [1.29, 1.82) is 0 Å². The largest absolute Gasteiger partial charge is 0.351 e. The number of thiophene rings is 1. The molecule has 1 amide bonds. The fourth-order valence-electron chi connectivity index (χ4n) is 1.41. The molecular weight excluding hydrogens is 220 g/mol. The van der Waals surface area contributed by atoms with Crippen LogP contribution >= 0.6 is 11.3 Å². The molecule has 0 fully saturated rings. The van der Waals surface area contributed by atoms with Crippen LogP contribution in [-0.4, -0.2) is 19.5 Å². The maximum Gasteiger partial charge on any atom is 0.220 e. The lowest BCUT2D eigenvalue weighted by Crippen LogP contribution is -2.23. The van der Waals surface area contributed by atoms with E-state index in [-0.39, 0.29) is 5.91 Å². The smallest absolute Gasteiger partial charge is 0.220 e. The zero-order valence-electron chi connectivity index (χ0n) is 10.0. The van der Waals surface area contributed by atoms with E-state index in [1.54, 1.807) is 11.3 Å². The highest BCUT2D eigenvalue weighted by Crippen LogP contribution is 2.16. The molecule has 0 spiro atoms. The third kappa shape index (κ3) is 4.77. The van der Waals surface area contributed by atoms with Gasteiger partial charge < -0.3 is 10.6 Å². The summed E-state index contributed by atoms with van der Waals surface area (Å²) in [6.45, 7) is 3.71. The molecule has 0 aliphatic heterocycles. The SMILES string of the molecule is CCc1ccc(CNC(=O)CCCNC)s1. The van der Waals surface area contributed by atoms with Crippen molar-refractivity contribution in [3.8, 4) is 0 Å². The van der Waals surface area contributed by atoms with Gasteiger partial charge >= 0.3 is 0 Å². The van der Waals surface area contributed by atoms with E-state index in [2.05, 4.69) is 29.7 Å². The summed E-state index contributed by atoms with van der Waals surface area (Å²) in [6, 6.07) is 4.23. The summed E-state index contributed by atoms with van der Waals surface area (Å²) in [6.07, 6.45) is 2.57. The van der Waals surface area contributed by atoms with Crippen LogP contribution < -0.4 is 10.6 Å². The third-order valence-electron chi connectivity index (χ3n) is 2.36. The van der Waals surface area contributed by atoms with E-state index < -0.39 is 0 Å². The molecule has 16 heavy (non-hydrogen) atoms. The zero-order chi connectivity index (χ0) is 11.8. The van der Waals surface area contributed by atoms with Crippen molar-refractivity contribution < 1.29 is 4.79 Å². The van der Waals surface area contributed by atoms with Gasteiger partial charge in [0.2, 0.25) is 5.91 Å². The summed E-state index contributed by atoms with van der Waals surface area (Å²) in [5, 5.41) is 5.97. The molecule has 0 aromatic carbocycles. The Balaban J connectivity index is 2.20. The number of nitrogens with one attached hydrogen (secondary N) is 2. The molecule has 0 unspecified atom stereocenters. The molecule has 2 N–H and O–H groups in total. The normalized spacial score (nSPS) is 10.4. The van der Waals surface area contributed by atoms with Crippen molar-refractivity contribution in [3.63, 3.8) is 0 Å². The minimum absolute atomic E-state index is 0.140. The average Bonchev–Trinajstić information content (AvgIpc) is 2.74. The molecule has 0 atom stereocenters. The number of rotatable bonds is 7. The van der Waals surface area contributed by atoms with Gasteiger partial charge in [-0.3, -0.25) is 4.79 Å². The van der Waals surface area contributed by atoms with Crippen LogP contribution in [0.25, 0.3) is 0 Å². The molecule has 0 aliphatic carbocycles. The lowest BCUT2D eigenvalue weighted by molar-refractivity contribution is -0.121. The topological polar surface area (TPSA) is 41.1 Å². The van der Waals surface area contributed by atoms with Crippen LogP contribution in [0, 0.1) is 0 Å². The fraction of sp³-hybridized carbons (Fsp3) is 0.583. The Hall–Kier alpha value is -0.870. The van der Waals surface area contributed by atoms with Crippen LogP contribution in [0.15, 0.2) is 12.1 Å². The first kappa shape index (κ1) is 13.2. The molecular formula is C12H20N2OS. The molecule has 3 nitrogen and oxygen atoms in total. The molecule has 1 aromatic rings. The Morgan fingerprint density at radius 1 is 1.38 bits per heavy atom. The summed E-state index contributed by atoms with van der Waals surface area (Å²) < 4.78 is 0. The van der Waals surface area contributed by atoms with Gasteiger partial charge in [-0.2, -0.15) is 0 Å². The van der Waals surface area contributed by atoms with Gasteiger partial charge in [-0.25, -0.2) is 0 Å². The third-order valence-corrected chi connectivity index (χ3v) is 3.59. The first-order valence-corrected chi connectivity index (χ1v) is 6.56. The Kier molecular flexibility index (Phi) is 6.11. The van der Waals surface area contributed by atoms with Crippen LogP contribution in [-0.2, 0) is 17.8 Å². The lowest BCUT2D eigenvalue weighted by atomic mass is 10.3. The minimum Gasteiger partial charge on any atom is -0.351 e. The van der Waals surface area contributed by atoms with Crippen molar-refractivity contribution in [2.24, 2.45) is 0 Å². The number of aryl methyl sites for hydroxylation is 1. The molecule has 90 valence electrons. The highest BCUT2D eigenvalue weighted by molar-refractivity contribution is 7.11. The highest BCUT2D eigenvalue weighted by Gasteiger charge is 2.02. The van der Waals surface area contributed by atoms with Gasteiger partial charge in [0, 0.05) is 16.2 Å². The van der Waals surface area contributed by atoms with E-state index in [1.165, 1.54) is 9.75 Å². The van der Waals surface area contributed by atoms with Crippen molar-refractivity contribution in [3.05, 3.63) is 21.9 Å². The molecule has 0 radical (unpaired) electrons. The lowest BCUT2D eigenvalue weighted by Gasteiger charge is -2.03. The van der Waals surface area contributed by atoms with Crippen molar-refractivity contribution in [1.82, 2.24) is 10.6 Å². The molecule has 1 heterocycles. The Morgan fingerprint density at radius 2 is 2.12 bits per heavy atom. The van der Waals surface area contributed by atoms with Crippen LogP contribution in [0.1, 0.15) is 29.5 Å². The maximum absolute atomic E-state index is 11.4. The average molecular weight is 240 g/mol. The van der Waals surface area contributed by atoms with Gasteiger partial charge in [0.05, 0.1) is 6.54 Å². The van der Waals surface area contributed by atoms with Gasteiger partial charge in [-0.1, -0.05) is 6.92 Å². The van der Waals surface area contributed by atoms with E-state index in [4.69, 9.17) is 0 Å². The van der Waals surface area contributed by atoms with E-state index in [0.29, 0.717) is 13.0 Å². The predicted octanol–water partition coefficient (Wildman–Crippen LogP) is 1.93. The van der Waals surface area contributed by atoms with Gasteiger partial charge in [0.15, 0.2) is 0 Å². The zero-order valence-corrected chi connectivity index (χ0v) is 10.8.